The third-order valence-electron chi connectivity index (χ3n) is 3.33. The molecule has 0 bridgehead atoms. The van der Waals surface area contributed by atoms with E-state index in [0.717, 1.165) is 15.1 Å². The van der Waals surface area contributed by atoms with Gasteiger partial charge in [0, 0.05) is 28.1 Å². The molecule has 0 saturated carbocycles. The number of halogens is 1. The molecule has 1 amide bonds. The number of benzene rings is 1. The highest BCUT2D eigenvalue weighted by Crippen LogP contribution is 2.21. The van der Waals surface area contributed by atoms with Crippen LogP contribution in [0.15, 0.2) is 33.6 Å². The van der Waals surface area contributed by atoms with Crippen LogP contribution in [-0.2, 0) is 14.6 Å². The zero-order valence-electron chi connectivity index (χ0n) is 11.5. The van der Waals surface area contributed by atoms with Crippen LogP contribution in [0.1, 0.15) is 12.8 Å². The van der Waals surface area contributed by atoms with Gasteiger partial charge in [-0.3, -0.25) is 4.79 Å². The van der Waals surface area contributed by atoms with Crippen LogP contribution in [0.5, 0.6) is 0 Å². The van der Waals surface area contributed by atoms with Gasteiger partial charge in [-0.05, 0) is 36.6 Å². The van der Waals surface area contributed by atoms with Crippen LogP contribution in [0.3, 0.4) is 0 Å². The molecule has 1 aliphatic heterocycles. The molecule has 1 aromatic rings. The Hall–Kier alpha value is -0.530. The molecule has 1 saturated heterocycles. The first kappa shape index (κ1) is 16.8. The minimum Gasteiger partial charge on any atom is -0.356 e. The lowest BCUT2D eigenvalue weighted by atomic mass is 10.1. The predicted octanol–water partition coefficient (Wildman–Crippen LogP) is 2.48. The molecular weight excluding hydrogens is 374 g/mol. The Balaban J connectivity index is 1.63. The molecule has 4 nitrogen and oxygen atoms in total. The van der Waals surface area contributed by atoms with Crippen LogP contribution in [0, 0.1) is 5.92 Å². The van der Waals surface area contributed by atoms with Gasteiger partial charge in [-0.2, -0.15) is 0 Å². The molecule has 21 heavy (non-hydrogen) atoms. The molecular formula is C14H18BrNO3S2. The molecule has 0 radical (unpaired) electrons. The lowest BCUT2D eigenvalue weighted by Gasteiger charge is -2.09. The van der Waals surface area contributed by atoms with Crippen LogP contribution < -0.4 is 5.32 Å². The minimum atomic E-state index is -2.86. The molecule has 7 heteroatoms. The predicted molar refractivity (Wildman–Crippen MR) is 89.3 cm³/mol. The van der Waals surface area contributed by atoms with Gasteiger partial charge in [-0.1, -0.05) is 15.9 Å². The van der Waals surface area contributed by atoms with Crippen molar-refractivity contribution in [1.82, 2.24) is 5.32 Å². The monoisotopic (exact) mass is 391 g/mol. The van der Waals surface area contributed by atoms with Crippen LogP contribution in [-0.4, -0.2) is 38.1 Å². The normalized spacial score (nSPS) is 20.3. The van der Waals surface area contributed by atoms with Gasteiger partial charge in [0.25, 0.3) is 0 Å². The highest BCUT2D eigenvalue weighted by molar-refractivity contribution is 9.10. The summed E-state index contributed by atoms with van der Waals surface area (Å²) in [6, 6.07) is 7.97. The number of rotatable bonds is 6. The number of thioether (sulfide) groups is 1. The van der Waals surface area contributed by atoms with E-state index in [9.17, 15) is 13.2 Å². The molecule has 1 atom stereocenters. The first-order valence-corrected chi connectivity index (χ1v) is 10.4. The van der Waals surface area contributed by atoms with Crippen LogP contribution >= 0.6 is 27.7 Å². The summed E-state index contributed by atoms with van der Waals surface area (Å²) < 4.78 is 23.7. The molecule has 1 heterocycles. The average Bonchev–Trinajstić information content (AvgIpc) is 2.78. The number of sulfone groups is 1. The number of carbonyl (C=O) groups excluding carboxylic acids is 1. The zero-order chi connectivity index (χ0) is 15.3. The molecule has 2 rings (SSSR count). The maximum absolute atomic E-state index is 11.7. The molecule has 1 aliphatic rings. The summed E-state index contributed by atoms with van der Waals surface area (Å²) in [5.41, 5.74) is 0. The summed E-state index contributed by atoms with van der Waals surface area (Å²) in [6.07, 6.45) is 1.11. The second-order valence-electron chi connectivity index (χ2n) is 5.13. The van der Waals surface area contributed by atoms with E-state index in [4.69, 9.17) is 0 Å². The largest absolute Gasteiger partial charge is 0.356 e. The van der Waals surface area contributed by atoms with Crippen molar-refractivity contribution in [3.63, 3.8) is 0 Å². The van der Waals surface area contributed by atoms with E-state index in [-0.39, 0.29) is 23.3 Å². The van der Waals surface area contributed by atoms with E-state index >= 15 is 0 Å². The van der Waals surface area contributed by atoms with Gasteiger partial charge in [0.15, 0.2) is 9.84 Å². The van der Waals surface area contributed by atoms with E-state index in [2.05, 4.69) is 21.2 Å². The molecule has 1 unspecified atom stereocenters. The third kappa shape index (κ3) is 6.00. The Morgan fingerprint density at radius 1 is 1.33 bits per heavy atom. The maximum atomic E-state index is 11.7. The number of amides is 1. The van der Waals surface area contributed by atoms with Crippen LogP contribution in [0.4, 0.5) is 0 Å². The lowest BCUT2D eigenvalue weighted by Crippen LogP contribution is -2.29. The SMILES string of the molecule is O=C(CCSc1ccc(Br)cc1)NCC1CCS(=O)(=O)C1. The number of nitrogens with one attached hydrogen (secondary N) is 1. The fraction of sp³-hybridized carbons (Fsp3) is 0.500. The van der Waals surface area contributed by atoms with Crippen molar-refractivity contribution in [3.05, 3.63) is 28.7 Å². The molecule has 1 aromatic carbocycles. The molecule has 0 aromatic heterocycles. The minimum absolute atomic E-state index is 0.0103. The number of hydrogen-bond acceptors (Lipinski definition) is 4. The number of hydrogen-bond donors (Lipinski definition) is 1. The quantitative estimate of drug-likeness (QED) is 0.756. The molecule has 1 fully saturated rings. The van der Waals surface area contributed by atoms with E-state index in [1.54, 1.807) is 11.8 Å². The summed E-state index contributed by atoms with van der Waals surface area (Å²) in [5.74, 6) is 1.26. The smallest absolute Gasteiger partial charge is 0.220 e. The Morgan fingerprint density at radius 3 is 2.67 bits per heavy atom. The summed E-state index contributed by atoms with van der Waals surface area (Å²) in [4.78, 5) is 12.9. The Kier molecular flexibility index (Phi) is 6.13. The van der Waals surface area contributed by atoms with Gasteiger partial charge >= 0.3 is 0 Å². The first-order valence-electron chi connectivity index (χ1n) is 6.80. The van der Waals surface area contributed by atoms with E-state index in [1.807, 2.05) is 24.3 Å². The van der Waals surface area contributed by atoms with Crippen molar-refractivity contribution in [2.24, 2.45) is 5.92 Å². The van der Waals surface area contributed by atoms with E-state index in [1.165, 1.54) is 0 Å². The van der Waals surface area contributed by atoms with Gasteiger partial charge in [-0.15, -0.1) is 11.8 Å². The summed E-state index contributed by atoms with van der Waals surface area (Å²) >= 11 is 5.02. The van der Waals surface area contributed by atoms with E-state index < -0.39 is 9.84 Å². The molecule has 0 aliphatic carbocycles. The second-order valence-corrected chi connectivity index (χ2v) is 9.44. The van der Waals surface area contributed by atoms with Gasteiger partial charge in [0.1, 0.15) is 0 Å². The van der Waals surface area contributed by atoms with Crippen LogP contribution in [0.2, 0.25) is 0 Å². The summed E-state index contributed by atoms with van der Waals surface area (Å²) in [6.45, 7) is 0.473. The van der Waals surface area contributed by atoms with Gasteiger partial charge in [0.05, 0.1) is 11.5 Å². The highest BCUT2D eigenvalue weighted by atomic mass is 79.9. The van der Waals surface area contributed by atoms with Gasteiger partial charge in [-0.25, -0.2) is 8.42 Å². The topological polar surface area (TPSA) is 63.2 Å². The van der Waals surface area contributed by atoms with Gasteiger partial charge < -0.3 is 5.32 Å². The van der Waals surface area contributed by atoms with Crippen LogP contribution in [0.25, 0.3) is 0 Å². The highest BCUT2D eigenvalue weighted by Gasteiger charge is 2.27. The standard InChI is InChI=1S/C14H18BrNO3S2/c15-12-1-3-13(4-2-12)20-7-5-14(17)16-9-11-6-8-21(18,19)10-11/h1-4,11H,5-10H2,(H,16,17). The van der Waals surface area contributed by atoms with Crippen molar-refractivity contribution in [1.29, 1.82) is 0 Å². The molecule has 0 spiro atoms. The molecule has 1 N–H and O–H groups in total. The van der Waals surface area contributed by atoms with Crippen molar-refractivity contribution in [2.75, 3.05) is 23.8 Å². The Labute approximate surface area is 138 Å². The summed E-state index contributed by atoms with van der Waals surface area (Å²) in [5, 5.41) is 2.83. The Bertz CT molecular complexity index is 587. The second kappa shape index (κ2) is 7.65. The Morgan fingerprint density at radius 2 is 2.05 bits per heavy atom. The average molecular weight is 392 g/mol. The zero-order valence-corrected chi connectivity index (χ0v) is 14.8. The number of carbonyl (C=O) groups is 1. The fourth-order valence-corrected chi connectivity index (χ4v) is 5.15. The van der Waals surface area contributed by atoms with Crippen molar-refractivity contribution < 1.29 is 13.2 Å². The lowest BCUT2D eigenvalue weighted by molar-refractivity contribution is -0.120. The van der Waals surface area contributed by atoms with Crippen molar-refractivity contribution in [2.45, 2.75) is 17.7 Å². The van der Waals surface area contributed by atoms with Crippen molar-refractivity contribution in [3.8, 4) is 0 Å². The van der Waals surface area contributed by atoms with Crippen molar-refractivity contribution >= 4 is 43.4 Å². The summed E-state index contributed by atoms with van der Waals surface area (Å²) in [7, 11) is -2.86. The molecule has 116 valence electrons. The maximum Gasteiger partial charge on any atom is 0.220 e. The van der Waals surface area contributed by atoms with E-state index in [0.29, 0.717) is 19.4 Å². The third-order valence-corrected chi connectivity index (χ3v) is 6.71. The fourth-order valence-electron chi connectivity index (χ4n) is 2.17. The van der Waals surface area contributed by atoms with Gasteiger partial charge in [0.2, 0.25) is 5.91 Å². The first-order chi connectivity index (χ1) is 9.94.